The molecule has 12 N–H and O–H groups in total. The van der Waals surface area contributed by atoms with Gasteiger partial charge in [0.05, 0.1) is 14.8 Å². The number of benzene rings is 6. The van der Waals surface area contributed by atoms with Gasteiger partial charge >= 0.3 is 42.7 Å². The van der Waals surface area contributed by atoms with Gasteiger partial charge in [0.15, 0.2) is 21.1 Å². The summed E-state index contributed by atoms with van der Waals surface area (Å²) in [6.07, 6.45) is 10.6. The molecule has 6 rings (SSSR count). The van der Waals surface area contributed by atoms with Gasteiger partial charge in [-0.1, -0.05) is 115 Å². The van der Waals surface area contributed by atoms with Gasteiger partial charge in [0.25, 0.3) is 17.1 Å². The van der Waals surface area contributed by atoms with E-state index in [4.69, 9.17) is 119 Å². The van der Waals surface area contributed by atoms with Crippen LogP contribution in [0.25, 0.3) is 0 Å². The highest BCUT2D eigenvalue weighted by Crippen LogP contribution is 2.19. The molecule has 0 amide bonds. The van der Waals surface area contributed by atoms with E-state index < -0.39 is 57.5 Å². The second kappa shape index (κ2) is 81.0. The molecule has 0 aliphatic carbocycles. The molecule has 6 aromatic carbocycles. The molecule has 0 unspecified atom stereocenters. The number of aryl methyl sites for hydroxylation is 6. The fourth-order valence-electron chi connectivity index (χ4n) is 8.40. The smallest absolute Gasteiger partial charge is 0.427 e. The lowest BCUT2D eigenvalue weighted by Crippen LogP contribution is -2.32. The molecule has 0 bridgehead atoms. The van der Waals surface area contributed by atoms with Crippen LogP contribution >= 0.6 is 0 Å². The molecule has 114 heavy (non-hydrogen) atoms. The topological polar surface area (TPSA) is 557 Å². The Bertz CT molecular complexity index is 3250. The molecular formula is C72H120B6N6O30. The Labute approximate surface area is 670 Å². The van der Waals surface area contributed by atoms with Crippen LogP contribution in [0.4, 0.5) is 17.1 Å². The molecule has 0 aliphatic heterocycles. The number of nitrogens with zero attached hydrogens (tertiary/aromatic N) is 6. The van der Waals surface area contributed by atoms with Gasteiger partial charge in [-0.25, -0.2) is 0 Å². The minimum atomic E-state index is -1.38. The fourth-order valence-corrected chi connectivity index (χ4v) is 8.40. The van der Waals surface area contributed by atoms with Crippen molar-refractivity contribution in [2.45, 2.75) is 139 Å². The maximum atomic E-state index is 10.7. The largest absolute Gasteiger partial charge is 0.488 e. The Balaban J connectivity index is -0.000000290. The summed E-state index contributed by atoms with van der Waals surface area (Å²) in [5, 5.41) is 158. The van der Waals surface area contributed by atoms with E-state index >= 15 is 0 Å². The molecule has 42 heteroatoms. The van der Waals surface area contributed by atoms with Gasteiger partial charge < -0.3 is 88.7 Å². The Kier molecular flexibility index (Phi) is 82.6. The number of non-ortho nitro benzene ring substituents is 2. The van der Waals surface area contributed by atoms with Gasteiger partial charge in [-0.3, -0.25) is 60.7 Å². The second-order valence-electron chi connectivity index (χ2n) is 23.1. The number of nitro benzene ring substituents is 3. The average molecular weight is 1610 g/mol. The maximum absolute atomic E-state index is 10.7. The van der Waals surface area contributed by atoms with Crippen molar-refractivity contribution in [2.75, 3.05) is 100 Å². The van der Waals surface area contributed by atoms with Crippen molar-refractivity contribution in [1.82, 2.24) is 0 Å². The zero-order valence-electron chi connectivity index (χ0n) is 67.7. The van der Waals surface area contributed by atoms with Crippen LogP contribution in [-0.4, -0.2) is 233 Å². The van der Waals surface area contributed by atoms with Gasteiger partial charge in [0, 0.05) is 130 Å². The number of hydrogen-bond donors (Lipinski definition) is 12. The molecule has 0 fully saturated rings. The summed E-state index contributed by atoms with van der Waals surface area (Å²) in [6.45, 7) is 24.3. The molecular weight excluding hydrogens is 1490 g/mol. The number of hydrogen-bond acceptors (Lipinski definition) is 30. The van der Waals surface area contributed by atoms with Crippen LogP contribution in [0.5, 0.6) is 0 Å². The van der Waals surface area contributed by atoms with E-state index in [1.165, 1.54) is 50.3 Å². The number of rotatable bonds is 36. The molecule has 0 saturated carbocycles. The minimum Gasteiger partial charge on any atom is -0.427 e. The van der Waals surface area contributed by atoms with Crippen molar-refractivity contribution in [3.63, 3.8) is 0 Å². The van der Waals surface area contributed by atoms with Crippen molar-refractivity contribution >= 4 is 76.2 Å². The summed E-state index contributed by atoms with van der Waals surface area (Å²) in [4.78, 5) is 55.4. The first-order chi connectivity index (χ1) is 53.8. The third kappa shape index (κ3) is 84.3. The number of ether oxygens (including phenoxy) is 6. The quantitative estimate of drug-likeness (QED) is 0.00979. The molecule has 0 atom stereocenters. The molecule has 36 nitrogen and oxygen atoms in total. The van der Waals surface area contributed by atoms with Crippen molar-refractivity contribution in [2.24, 2.45) is 0 Å². The summed E-state index contributed by atoms with van der Waals surface area (Å²) in [5.41, 5.74) is 8.33. The van der Waals surface area contributed by atoms with Crippen molar-refractivity contribution in [3.8, 4) is 0 Å². The van der Waals surface area contributed by atoms with Crippen LogP contribution < -0.4 is 16.4 Å². The summed E-state index contributed by atoms with van der Waals surface area (Å²) >= 11 is 0. The minimum absolute atomic E-state index is 0.142. The summed E-state index contributed by atoms with van der Waals surface area (Å²) in [6, 6.07) is 42.3. The zero-order chi connectivity index (χ0) is 88.0. The molecule has 0 heterocycles. The van der Waals surface area contributed by atoms with E-state index in [2.05, 4.69) is 0 Å². The first-order valence-corrected chi connectivity index (χ1v) is 36.7. The van der Waals surface area contributed by atoms with E-state index in [1.54, 1.807) is 66.7 Å². The first-order valence-electron chi connectivity index (χ1n) is 36.7. The third-order valence-electron chi connectivity index (χ3n) is 13.0. The van der Waals surface area contributed by atoms with Gasteiger partial charge in [-0.05, 0) is 183 Å². The van der Waals surface area contributed by atoms with Gasteiger partial charge in [-0.15, -0.1) is 0 Å². The predicted molar refractivity (Wildman–Crippen MR) is 444 cm³/mol. The van der Waals surface area contributed by atoms with Crippen molar-refractivity contribution < 1.29 is 118 Å². The lowest BCUT2D eigenvalue weighted by molar-refractivity contribution is -0.445. The monoisotopic (exact) mass is 1610 g/mol. The third-order valence-corrected chi connectivity index (χ3v) is 13.0. The average Bonchev–Trinajstić information content (AvgIpc) is 0.854. The van der Waals surface area contributed by atoms with E-state index in [1.807, 2.05) is 96.1 Å². The molecule has 0 radical (unpaired) electrons. The van der Waals surface area contributed by atoms with Gasteiger partial charge in [0.1, 0.15) is 0 Å². The first kappa shape index (κ1) is 116. The Morgan fingerprint density at radius 3 is 0.912 bits per heavy atom. The van der Waals surface area contributed by atoms with E-state index in [0.717, 1.165) is 172 Å². The highest BCUT2D eigenvalue weighted by molar-refractivity contribution is 6.59. The van der Waals surface area contributed by atoms with E-state index in [0.29, 0.717) is 49.2 Å². The molecule has 0 aliphatic rings. The highest BCUT2D eigenvalue weighted by atomic mass is 16.6. The highest BCUT2D eigenvalue weighted by Gasteiger charge is 2.16. The van der Waals surface area contributed by atoms with E-state index in [9.17, 15) is 30.3 Å². The zero-order valence-corrected chi connectivity index (χ0v) is 67.7. The van der Waals surface area contributed by atoms with Crippen molar-refractivity contribution in [1.29, 1.82) is 0 Å². The second-order valence-corrected chi connectivity index (χ2v) is 23.1. The van der Waals surface area contributed by atoms with Crippen LogP contribution in [0.3, 0.4) is 0 Å². The number of para-hydroxylation sites is 1. The van der Waals surface area contributed by atoms with Crippen LogP contribution in [0.2, 0.25) is 20.5 Å². The lowest BCUT2D eigenvalue weighted by Gasteiger charge is -2.08. The van der Waals surface area contributed by atoms with E-state index in [-0.39, 0.29) is 31.8 Å². The predicted octanol–water partition coefficient (Wildman–Crippen LogP) is 5.64. The standard InChI is InChI=1S/3C11H17BO3.3C11H15NO3.3CH5BO2.3CH3NO2/c1-2-15-8-4-6-10-5-3-7-11(9-10)12(13)14;1-2-15-9-3-4-10-5-7-11(8-6-10)12(13)14;1-2-15-9-5-7-10-6-3-4-8-11(10)12(13)14;1-2-15-8-4-6-10-5-3-7-11(9-10)12(13)14;1-2-15-9-3-4-10-5-7-11(8-6-10)12(13)14;1-2-15-9-5-7-10-6-3-4-8-11(10)12(13)14;6*1-2(3)4/h3,5,7,9,13-14H,2,4,6,8H2,1H3;5-8,13-14H,2-4,9H2,1H3;3-4,6,8,13-14H,2,5,7,9H2,1H3;3,5,7,9H,2,4,6,8H2,1H3;5-8H,2-4,9H2,1H3;3-4,6,8H,2,5,7,9H2,1H3;3*3-4H,1H3;3*1H3. The molecule has 0 spiro atoms. The lowest BCUT2D eigenvalue weighted by atomic mass is 9.76. The van der Waals surface area contributed by atoms with Crippen LogP contribution in [0.1, 0.15) is 113 Å². The SMILES string of the molecule is CB(O)O.CB(O)O.CB(O)O.CCOCCCc1ccc(B(O)O)cc1.CCOCCCc1ccc([N+](=O)[O-])cc1.CCOCCCc1cccc(B(O)O)c1.CCOCCCc1cccc([N+](=O)[O-])c1.CCOCCCc1ccccc1B(O)O.CCOCCCc1ccccc1[N+](=O)[O-].C[N+](=O)[O-].C[N+](=O)[O-].C[N+](=O)[O-]. The summed E-state index contributed by atoms with van der Waals surface area (Å²) in [7, 11) is -4.97. The normalized spacial score (nSPS) is 9.47. The summed E-state index contributed by atoms with van der Waals surface area (Å²) < 4.78 is 31.3. The Morgan fingerprint density at radius 2 is 0.588 bits per heavy atom. The van der Waals surface area contributed by atoms with Gasteiger partial charge in [-0.2, -0.15) is 0 Å². The van der Waals surface area contributed by atoms with Crippen LogP contribution in [0, 0.1) is 60.7 Å². The fraction of sp³-hybridized carbons (Fsp3) is 0.500. The summed E-state index contributed by atoms with van der Waals surface area (Å²) in [5.74, 6) is 0. The molecule has 0 saturated heterocycles. The number of nitro groups is 6. The molecule has 636 valence electrons. The Morgan fingerprint density at radius 1 is 0.298 bits per heavy atom. The van der Waals surface area contributed by atoms with Gasteiger partial charge in [0.2, 0.25) is 0 Å². The molecule has 0 aromatic heterocycles. The maximum Gasteiger partial charge on any atom is 0.488 e. The Hall–Kier alpha value is -8.61. The molecule has 6 aromatic rings. The van der Waals surface area contributed by atoms with Crippen LogP contribution in [-0.2, 0) is 66.9 Å². The van der Waals surface area contributed by atoms with Crippen molar-refractivity contribution in [3.05, 3.63) is 240 Å². The van der Waals surface area contributed by atoms with Crippen LogP contribution in [0.15, 0.2) is 146 Å².